The summed E-state index contributed by atoms with van der Waals surface area (Å²) in [5, 5.41) is 2.16. The van der Waals surface area contributed by atoms with E-state index >= 15 is 0 Å². The van der Waals surface area contributed by atoms with Crippen LogP contribution in [0.4, 0.5) is 0 Å². The molecule has 0 radical (unpaired) electrons. The number of hydrogen-bond acceptors (Lipinski definition) is 3. The molecule has 2 N–H and O–H groups in total. The molecule has 0 saturated carbocycles. The SMILES string of the molecule is CCCCCCC(=O)NNC(=O)C(C)Oc1ccc2ccccc2c1. The van der Waals surface area contributed by atoms with Crippen molar-refractivity contribution in [2.24, 2.45) is 0 Å². The van der Waals surface area contributed by atoms with Crippen molar-refractivity contribution in [2.45, 2.75) is 52.1 Å². The predicted octanol–water partition coefficient (Wildman–Crippen LogP) is 3.72. The maximum Gasteiger partial charge on any atom is 0.279 e. The van der Waals surface area contributed by atoms with Crippen LogP contribution in [0.3, 0.4) is 0 Å². The Bertz CT molecular complexity index is 715. The maximum atomic E-state index is 12.0. The van der Waals surface area contributed by atoms with Gasteiger partial charge in [0.05, 0.1) is 0 Å². The second kappa shape index (κ2) is 9.67. The molecule has 0 aliphatic carbocycles. The fourth-order valence-corrected chi connectivity index (χ4v) is 2.51. The highest BCUT2D eigenvalue weighted by Crippen LogP contribution is 2.21. The smallest absolute Gasteiger partial charge is 0.279 e. The van der Waals surface area contributed by atoms with E-state index in [0.29, 0.717) is 12.2 Å². The van der Waals surface area contributed by atoms with Gasteiger partial charge in [0.25, 0.3) is 5.91 Å². The summed E-state index contributed by atoms with van der Waals surface area (Å²) in [6, 6.07) is 13.6. The van der Waals surface area contributed by atoms with Crippen molar-refractivity contribution in [1.29, 1.82) is 0 Å². The van der Waals surface area contributed by atoms with E-state index in [1.165, 1.54) is 0 Å². The topological polar surface area (TPSA) is 67.4 Å². The molecule has 25 heavy (non-hydrogen) atoms. The van der Waals surface area contributed by atoms with Gasteiger partial charge in [-0.3, -0.25) is 20.4 Å². The summed E-state index contributed by atoms with van der Waals surface area (Å²) in [6.07, 6.45) is 3.82. The molecule has 1 unspecified atom stereocenters. The number of unbranched alkanes of at least 4 members (excludes halogenated alkanes) is 3. The lowest BCUT2D eigenvalue weighted by Crippen LogP contribution is -2.47. The second-order valence-corrected chi connectivity index (χ2v) is 6.12. The van der Waals surface area contributed by atoms with Crippen molar-refractivity contribution in [3.05, 3.63) is 42.5 Å². The Morgan fingerprint density at radius 3 is 2.52 bits per heavy atom. The molecule has 0 saturated heterocycles. The van der Waals surface area contributed by atoms with E-state index in [1.807, 2.05) is 42.5 Å². The van der Waals surface area contributed by atoms with Crippen molar-refractivity contribution in [3.63, 3.8) is 0 Å². The molecular weight excluding hydrogens is 316 g/mol. The molecule has 1 atom stereocenters. The van der Waals surface area contributed by atoms with Crippen LogP contribution in [-0.4, -0.2) is 17.9 Å². The van der Waals surface area contributed by atoms with E-state index in [1.54, 1.807) is 6.92 Å². The Kier molecular flexibility index (Phi) is 7.26. The van der Waals surface area contributed by atoms with Gasteiger partial charge in [0.2, 0.25) is 5.91 Å². The average Bonchev–Trinajstić information content (AvgIpc) is 2.63. The summed E-state index contributed by atoms with van der Waals surface area (Å²) < 4.78 is 5.67. The summed E-state index contributed by atoms with van der Waals surface area (Å²) in [4.78, 5) is 23.7. The molecule has 0 spiro atoms. The van der Waals surface area contributed by atoms with E-state index in [0.717, 1.165) is 36.5 Å². The minimum absolute atomic E-state index is 0.178. The zero-order valence-corrected chi connectivity index (χ0v) is 14.9. The van der Waals surface area contributed by atoms with Crippen LogP contribution in [0.1, 0.15) is 46.0 Å². The molecule has 5 nitrogen and oxygen atoms in total. The molecule has 2 aromatic carbocycles. The van der Waals surface area contributed by atoms with Crippen LogP contribution in [0.25, 0.3) is 10.8 Å². The molecule has 0 aliphatic rings. The summed E-state index contributed by atoms with van der Waals surface area (Å²) in [7, 11) is 0. The summed E-state index contributed by atoms with van der Waals surface area (Å²) in [6.45, 7) is 3.77. The highest BCUT2D eigenvalue weighted by Gasteiger charge is 2.15. The number of hydrazine groups is 1. The van der Waals surface area contributed by atoms with Gasteiger partial charge in [0.15, 0.2) is 6.10 Å². The lowest BCUT2D eigenvalue weighted by atomic mass is 10.1. The van der Waals surface area contributed by atoms with Gasteiger partial charge in [-0.25, -0.2) is 0 Å². The van der Waals surface area contributed by atoms with E-state index in [9.17, 15) is 9.59 Å². The number of amides is 2. The number of rotatable bonds is 8. The fraction of sp³-hybridized carbons (Fsp3) is 0.400. The van der Waals surface area contributed by atoms with E-state index < -0.39 is 6.10 Å². The molecule has 2 rings (SSSR count). The maximum absolute atomic E-state index is 12.0. The molecule has 2 aromatic rings. The molecule has 0 aliphatic heterocycles. The quantitative estimate of drug-likeness (QED) is 0.567. The Morgan fingerprint density at radius 2 is 1.76 bits per heavy atom. The van der Waals surface area contributed by atoms with Crippen molar-refractivity contribution in [3.8, 4) is 5.75 Å². The largest absolute Gasteiger partial charge is 0.481 e. The molecular formula is C20H26N2O3. The Balaban J connectivity index is 1.78. The minimum Gasteiger partial charge on any atom is -0.481 e. The van der Waals surface area contributed by atoms with E-state index in [-0.39, 0.29) is 11.8 Å². The first-order chi connectivity index (χ1) is 12.1. The molecule has 134 valence electrons. The first kappa shape index (κ1) is 18.8. The Morgan fingerprint density at radius 1 is 1.00 bits per heavy atom. The first-order valence-corrected chi connectivity index (χ1v) is 8.84. The third kappa shape index (κ3) is 6.10. The number of carbonyl (C=O) groups excluding carboxylic acids is 2. The van der Waals surface area contributed by atoms with Gasteiger partial charge in [-0.1, -0.05) is 56.5 Å². The van der Waals surface area contributed by atoms with Crippen LogP contribution < -0.4 is 15.6 Å². The van der Waals surface area contributed by atoms with Gasteiger partial charge in [0.1, 0.15) is 5.75 Å². The highest BCUT2D eigenvalue weighted by atomic mass is 16.5. The summed E-state index contributed by atoms with van der Waals surface area (Å²) in [5.74, 6) is 0.0599. The second-order valence-electron chi connectivity index (χ2n) is 6.12. The van der Waals surface area contributed by atoms with Crippen LogP contribution in [0.2, 0.25) is 0 Å². The van der Waals surface area contributed by atoms with Gasteiger partial charge in [-0.05, 0) is 36.2 Å². The lowest BCUT2D eigenvalue weighted by molar-refractivity contribution is -0.132. The van der Waals surface area contributed by atoms with Crippen LogP contribution in [-0.2, 0) is 9.59 Å². The normalized spacial score (nSPS) is 11.8. The van der Waals surface area contributed by atoms with Gasteiger partial charge in [-0.15, -0.1) is 0 Å². The number of hydrogen-bond donors (Lipinski definition) is 2. The number of fused-ring (bicyclic) bond motifs is 1. The van der Waals surface area contributed by atoms with Crippen LogP contribution in [0, 0.1) is 0 Å². The molecule has 0 fully saturated rings. The van der Waals surface area contributed by atoms with Crippen LogP contribution >= 0.6 is 0 Å². The van der Waals surface area contributed by atoms with Gasteiger partial charge >= 0.3 is 0 Å². The third-order valence-electron chi connectivity index (χ3n) is 3.99. The van der Waals surface area contributed by atoms with Crippen molar-refractivity contribution < 1.29 is 14.3 Å². The molecule has 5 heteroatoms. The Labute approximate surface area is 148 Å². The fourth-order valence-electron chi connectivity index (χ4n) is 2.51. The lowest BCUT2D eigenvalue weighted by Gasteiger charge is -2.15. The van der Waals surface area contributed by atoms with Gasteiger partial charge in [0, 0.05) is 6.42 Å². The molecule has 0 aromatic heterocycles. The predicted molar refractivity (Wildman–Crippen MR) is 99.1 cm³/mol. The highest BCUT2D eigenvalue weighted by molar-refractivity contribution is 5.85. The van der Waals surface area contributed by atoms with Crippen molar-refractivity contribution in [1.82, 2.24) is 10.9 Å². The molecule has 0 bridgehead atoms. The number of ether oxygens (including phenoxy) is 1. The number of nitrogens with one attached hydrogen (secondary N) is 2. The zero-order valence-electron chi connectivity index (χ0n) is 14.9. The monoisotopic (exact) mass is 342 g/mol. The standard InChI is InChI=1S/C20H26N2O3/c1-3-4-5-6-11-19(23)21-22-20(24)15(2)25-18-13-12-16-9-7-8-10-17(16)14-18/h7-10,12-15H,3-6,11H2,1-2H3,(H,21,23)(H,22,24). The van der Waals surface area contributed by atoms with Crippen molar-refractivity contribution in [2.75, 3.05) is 0 Å². The summed E-state index contributed by atoms with van der Waals surface area (Å²) in [5.41, 5.74) is 4.85. The molecule has 0 heterocycles. The number of carbonyl (C=O) groups is 2. The van der Waals surface area contributed by atoms with E-state index in [4.69, 9.17) is 4.74 Å². The van der Waals surface area contributed by atoms with Crippen molar-refractivity contribution >= 4 is 22.6 Å². The zero-order chi connectivity index (χ0) is 18.1. The van der Waals surface area contributed by atoms with Crippen LogP contribution in [0.15, 0.2) is 42.5 Å². The van der Waals surface area contributed by atoms with E-state index in [2.05, 4.69) is 17.8 Å². The number of benzene rings is 2. The summed E-state index contributed by atoms with van der Waals surface area (Å²) >= 11 is 0. The van der Waals surface area contributed by atoms with Crippen LogP contribution in [0.5, 0.6) is 5.75 Å². The average molecular weight is 342 g/mol. The van der Waals surface area contributed by atoms with Gasteiger partial charge < -0.3 is 4.74 Å². The third-order valence-corrected chi connectivity index (χ3v) is 3.99. The van der Waals surface area contributed by atoms with Gasteiger partial charge in [-0.2, -0.15) is 0 Å². The minimum atomic E-state index is -0.707. The Hall–Kier alpha value is -2.56. The molecule has 2 amide bonds. The first-order valence-electron chi connectivity index (χ1n) is 8.84.